The van der Waals surface area contributed by atoms with Crippen LogP contribution in [0.2, 0.25) is 0 Å². The van der Waals surface area contributed by atoms with E-state index in [-0.39, 0.29) is 18.4 Å². The van der Waals surface area contributed by atoms with Crippen LogP contribution in [0.25, 0.3) is 0 Å². The highest BCUT2D eigenvalue weighted by molar-refractivity contribution is 5.99. The lowest BCUT2D eigenvalue weighted by atomic mass is 10.0. The third-order valence-electron chi connectivity index (χ3n) is 6.05. The number of unbranched alkanes of at least 4 members (excludes halogenated alkanes) is 1. The number of aromatic nitrogens is 2. The molecule has 200 valence electrons. The first-order valence-electron chi connectivity index (χ1n) is 12.2. The molecule has 37 heavy (non-hydrogen) atoms. The van der Waals surface area contributed by atoms with Gasteiger partial charge in [-0.1, -0.05) is 31.9 Å². The topological polar surface area (TPSA) is 137 Å². The number of amides is 3. The van der Waals surface area contributed by atoms with Crippen LogP contribution in [0.4, 0.5) is 16.4 Å². The van der Waals surface area contributed by atoms with Crippen LogP contribution in [-0.4, -0.2) is 90.9 Å². The molecule has 3 amide bonds. The Labute approximate surface area is 216 Å². The lowest BCUT2D eigenvalue weighted by Gasteiger charge is -2.38. The van der Waals surface area contributed by atoms with E-state index in [1.807, 2.05) is 19.1 Å². The molecular weight excluding hydrogens is 480 g/mol. The lowest BCUT2D eigenvalue weighted by molar-refractivity contribution is -0.125. The van der Waals surface area contributed by atoms with Gasteiger partial charge < -0.3 is 19.9 Å². The van der Waals surface area contributed by atoms with E-state index in [0.29, 0.717) is 49.5 Å². The van der Waals surface area contributed by atoms with Crippen LogP contribution in [-0.2, 0) is 9.59 Å². The number of piperazine rings is 2. The Bertz CT molecular complexity index is 1080. The molecule has 1 atom stereocenters. The second-order valence-electron chi connectivity index (χ2n) is 8.42. The molecule has 2 aliphatic rings. The predicted octanol–water partition coefficient (Wildman–Crippen LogP) is 2.00. The van der Waals surface area contributed by atoms with Gasteiger partial charge in [0.15, 0.2) is 0 Å². The molecule has 0 saturated carbocycles. The zero-order chi connectivity index (χ0) is 26.8. The molecule has 1 unspecified atom stereocenters. The number of nitrogens with one attached hydrogen (secondary N) is 1. The van der Waals surface area contributed by atoms with Crippen LogP contribution in [0.15, 0.2) is 36.4 Å². The predicted molar refractivity (Wildman–Crippen MR) is 137 cm³/mol. The molecule has 2 saturated heterocycles. The number of carbonyl (C=O) groups excluding carboxylic acids is 2. The Morgan fingerprint density at radius 1 is 1.00 bits per heavy atom. The summed E-state index contributed by atoms with van der Waals surface area (Å²) in [5.41, 5.74) is 0. The Morgan fingerprint density at radius 2 is 1.62 bits per heavy atom. The Hall–Kier alpha value is -3.93. The number of ether oxygens (including phenoxy) is 2. The molecule has 0 aliphatic carbocycles. The number of carbonyl (C=O) groups is 3. The summed E-state index contributed by atoms with van der Waals surface area (Å²) in [4.78, 5) is 48.5. The number of hydrogen-bond donors (Lipinski definition) is 2. The molecule has 4 rings (SSSR count). The van der Waals surface area contributed by atoms with E-state index in [1.54, 1.807) is 41.2 Å². The summed E-state index contributed by atoms with van der Waals surface area (Å²) in [5, 5.41) is 12.3. The second-order valence-corrected chi connectivity index (χ2v) is 8.42. The van der Waals surface area contributed by atoms with Gasteiger partial charge in [-0.25, -0.2) is 4.79 Å². The molecule has 0 aromatic carbocycles. The molecule has 2 fully saturated rings. The van der Waals surface area contributed by atoms with Crippen molar-refractivity contribution in [3.05, 3.63) is 36.4 Å². The van der Waals surface area contributed by atoms with Crippen molar-refractivity contribution in [3.63, 3.8) is 0 Å². The minimum Gasteiger partial charge on any atom is -0.481 e. The fourth-order valence-electron chi connectivity index (χ4n) is 4.10. The van der Waals surface area contributed by atoms with Crippen LogP contribution in [0.5, 0.6) is 11.8 Å². The molecule has 12 nitrogen and oxygen atoms in total. The number of anilines is 2. The number of nitrogens with zero attached hydrogens (tertiary/aromatic N) is 5. The minimum absolute atomic E-state index is 0.0435. The first-order chi connectivity index (χ1) is 17.9. The van der Waals surface area contributed by atoms with Gasteiger partial charge in [-0.2, -0.15) is 9.97 Å². The first kappa shape index (κ1) is 27.7. The van der Waals surface area contributed by atoms with Crippen molar-refractivity contribution in [2.75, 3.05) is 56.7 Å². The Balaban J connectivity index is 0.000000220. The summed E-state index contributed by atoms with van der Waals surface area (Å²) in [6.07, 6.45) is 1.20. The molecule has 2 aliphatic heterocycles. The standard InChI is InChI=1S/C15H21N3O4.C10H13N3O2/c1-3-4-6-11-14(19)18(10-9-17(11)15(20)21)12-7-5-8-13(16-12)22-2;1-15-9-4-2-3-8(12-9)13-6-5-11-7-10(13)14/h5,7-8,11H,3-4,6,9-10H2,1-2H3,(H,20,21);2-4,11H,5-7H2,1H3. The molecule has 0 bridgehead atoms. The van der Waals surface area contributed by atoms with Crippen LogP contribution < -0.4 is 24.6 Å². The third kappa shape index (κ3) is 7.06. The van der Waals surface area contributed by atoms with Crippen LogP contribution >= 0.6 is 0 Å². The van der Waals surface area contributed by atoms with Gasteiger partial charge in [0.2, 0.25) is 17.7 Å². The summed E-state index contributed by atoms with van der Waals surface area (Å²) in [7, 11) is 3.08. The quantitative estimate of drug-likeness (QED) is 0.568. The largest absolute Gasteiger partial charge is 0.481 e. The van der Waals surface area contributed by atoms with Crippen molar-refractivity contribution >= 4 is 29.5 Å². The van der Waals surface area contributed by atoms with Crippen molar-refractivity contribution < 1.29 is 29.0 Å². The highest BCUT2D eigenvalue weighted by Gasteiger charge is 2.38. The number of methoxy groups -OCH3 is 2. The maximum absolute atomic E-state index is 12.7. The van der Waals surface area contributed by atoms with Gasteiger partial charge in [-0.05, 0) is 18.6 Å². The van der Waals surface area contributed by atoms with Gasteiger partial charge in [0.05, 0.1) is 20.8 Å². The average molecular weight is 515 g/mol. The van der Waals surface area contributed by atoms with E-state index >= 15 is 0 Å². The fourth-order valence-corrected chi connectivity index (χ4v) is 4.10. The molecule has 12 heteroatoms. The van der Waals surface area contributed by atoms with Crippen LogP contribution in [0.3, 0.4) is 0 Å². The van der Waals surface area contributed by atoms with Crippen LogP contribution in [0.1, 0.15) is 26.2 Å². The maximum atomic E-state index is 12.7. The van der Waals surface area contributed by atoms with E-state index in [0.717, 1.165) is 19.4 Å². The molecule has 0 spiro atoms. The van der Waals surface area contributed by atoms with Gasteiger partial charge in [-0.15, -0.1) is 0 Å². The van der Waals surface area contributed by atoms with Gasteiger partial charge >= 0.3 is 6.09 Å². The zero-order valence-electron chi connectivity index (χ0n) is 21.4. The van der Waals surface area contributed by atoms with Crippen molar-refractivity contribution in [2.45, 2.75) is 32.2 Å². The van der Waals surface area contributed by atoms with Crippen molar-refractivity contribution in [1.82, 2.24) is 20.2 Å². The van der Waals surface area contributed by atoms with Gasteiger partial charge in [0.1, 0.15) is 17.7 Å². The fraction of sp³-hybridized carbons (Fsp3) is 0.480. The number of carboxylic acid groups (broad SMARTS) is 1. The van der Waals surface area contributed by atoms with E-state index < -0.39 is 12.1 Å². The molecule has 2 N–H and O–H groups in total. The summed E-state index contributed by atoms with van der Waals surface area (Å²) in [6.45, 7) is 4.42. The van der Waals surface area contributed by atoms with Crippen molar-refractivity contribution in [3.8, 4) is 11.8 Å². The molecule has 2 aromatic heterocycles. The van der Waals surface area contributed by atoms with Crippen LogP contribution in [0, 0.1) is 0 Å². The highest BCUT2D eigenvalue weighted by Crippen LogP contribution is 2.23. The Kier molecular flexibility index (Phi) is 10.0. The molecule has 4 heterocycles. The van der Waals surface area contributed by atoms with E-state index in [4.69, 9.17) is 9.47 Å². The van der Waals surface area contributed by atoms with E-state index in [9.17, 15) is 19.5 Å². The van der Waals surface area contributed by atoms with Crippen molar-refractivity contribution in [2.24, 2.45) is 0 Å². The third-order valence-corrected chi connectivity index (χ3v) is 6.05. The van der Waals surface area contributed by atoms with Crippen molar-refractivity contribution in [1.29, 1.82) is 0 Å². The summed E-state index contributed by atoms with van der Waals surface area (Å²) < 4.78 is 10.1. The first-order valence-corrected chi connectivity index (χ1v) is 12.2. The summed E-state index contributed by atoms with van der Waals surface area (Å²) >= 11 is 0. The second kappa shape index (κ2) is 13.4. The van der Waals surface area contributed by atoms with Gasteiger partial charge in [0, 0.05) is 38.3 Å². The summed E-state index contributed by atoms with van der Waals surface area (Å²) in [5.74, 6) is 1.93. The zero-order valence-corrected chi connectivity index (χ0v) is 21.4. The SMILES string of the molecule is CCCCC1C(=O)N(c2cccc(OC)n2)CCN1C(=O)O.COc1cccc(N2CCNCC2=O)n1. The monoisotopic (exact) mass is 514 g/mol. The number of hydrogen-bond acceptors (Lipinski definition) is 8. The maximum Gasteiger partial charge on any atom is 0.408 e. The number of pyridine rings is 2. The Morgan fingerprint density at radius 3 is 2.16 bits per heavy atom. The van der Waals surface area contributed by atoms with Gasteiger partial charge in [0.25, 0.3) is 5.91 Å². The summed E-state index contributed by atoms with van der Waals surface area (Å²) in [6, 6.07) is 9.96. The smallest absolute Gasteiger partial charge is 0.408 e. The number of rotatable bonds is 7. The lowest BCUT2D eigenvalue weighted by Crippen LogP contribution is -2.58. The molecule has 2 aromatic rings. The molecule has 0 radical (unpaired) electrons. The van der Waals surface area contributed by atoms with E-state index in [1.165, 1.54) is 12.0 Å². The van der Waals surface area contributed by atoms with E-state index in [2.05, 4.69) is 15.3 Å². The van der Waals surface area contributed by atoms with Gasteiger partial charge in [-0.3, -0.25) is 24.3 Å². The average Bonchev–Trinajstić information content (AvgIpc) is 2.92. The normalized spacial score (nSPS) is 17.7. The minimum atomic E-state index is -1.05. The molecular formula is C25H34N6O6. The highest BCUT2D eigenvalue weighted by atomic mass is 16.5.